The summed E-state index contributed by atoms with van der Waals surface area (Å²) >= 11 is 0. The highest BCUT2D eigenvalue weighted by molar-refractivity contribution is 5.86. The van der Waals surface area contributed by atoms with E-state index in [0.29, 0.717) is 0 Å². The molecular weight excluding hydrogens is 378 g/mol. The lowest BCUT2D eigenvalue weighted by molar-refractivity contribution is 0.0338. The first-order valence-corrected chi connectivity index (χ1v) is 10.7. The van der Waals surface area contributed by atoms with Crippen molar-refractivity contribution in [2.45, 2.75) is 19.0 Å². The quantitative estimate of drug-likeness (QED) is 0.680. The lowest BCUT2D eigenvalue weighted by Crippen LogP contribution is -2.36. The Labute approximate surface area is 177 Å². The molecule has 1 saturated heterocycles. The van der Waals surface area contributed by atoms with Crippen LogP contribution in [-0.2, 0) is 17.7 Å². The number of hydrogen-bond donors (Lipinski definition) is 2. The summed E-state index contributed by atoms with van der Waals surface area (Å²) < 4.78 is 16.6. The number of morpholine rings is 1. The molecule has 5 rings (SSSR count). The van der Waals surface area contributed by atoms with Crippen molar-refractivity contribution >= 4 is 10.9 Å². The first-order valence-electron chi connectivity index (χ1n) is 10.7. The van der Waals surface area contributed by atoms with Gasteiger partial charge < -0.3 is 24.5 Å². The summed E-state index contributed by atoms with van der Waals surface area (Å²) in [4.78, 5) is 6.10. The molecule has 2 aromatic carbocycles. The van der Waals surface area contributed by atoms with E-state index in [1.54, 1.807) is 14.2 Å². The zero-order valence-corrected chi connectivity index (χ0v) is 17.7. The average molecular weight is 408 g/mol. The Morgan fingerprint density at radius 2 is 1.93 bits per heavy atom. The van der Waals surface area contributed by atoms with Crippen LogP contribution in [0.4, 0.5) is 0 Å². The van der Waals surface area contributed by atoms with Crippen molar-refractivity contribution in [3.8, 4) is 11.5 Å². The molecule has 3 aromatic rings. The summed E-state index contributed by atoms with van der Waals surface area (Å²) in [7, 11) is 3.47. The summed E-state index contributed by atoms with van der Waals surface area (Å²) in [5, 5.41) is 4.97. The van der Waals surface area contributed by atoms with Gasteiger partial charge in [-0.2, -0.15) is 0 Å². The Kier molecular flexibility index (Phi) is 5.37. The molecule has 1 atom stereocenters. The molecule has 0 bridgehead atoms. The summed E-state index contributed by atoms with van der Waals surface area (Å²) in [6.07, 6.45) is 1.01. The average Bonchev–Trinajstić information content (AvgIpc) is 3.17. The van der Waals surface area contributed by atoms with E-state index in [1.807, 2.05) is 6.07 Å². The summed E-state index contributed by atoms with van der Waals surface area (Å²) in [6, 6.07) is 13.0. The van der Waals surface area contributed by atoms with Crippen molar-refractivity contribution in [2.24, 2.45) is 0 Å². The third-order valence-electron chi connectivity index (χ3n) is 6.29. The molecule has 0 radical (unpaired) electrons. The molecule has 0 amide bonds. The van der Waals surface area contributed by atoms with Gasteiger partial charge in [0.2, 0.25) is 0 Å². The number of aromatic nitrogens is 1. The molecule has 1 fully saturated rings. The molecule has 0 saturated carbocycles. The van der Waals surface area contributed by atoms with E-state index in [0.717, 1.165) is 62.8 Å². The van der Waals surface area contributed by atoms with E-state index in [4.69, 9.17) is 14.2 Å². The van der Waals surface area contributed by atoms with Gasteiger partial charge in [-0.3, -0.25) is 4.90 Å². The molecule has 3 heterocycles. The molecule has 30 heavy (non-hydrogen) atoms. The second-order valence-corrected chi connectivity index (χ2v) is 8.03. The number of benzene rings is 2. The molecule has 2 N–H and O–H groups in total. The lowest BCUT2D eigenvalue weighted by Gasteiger charge is -2.29. The van der Waals surface area contributed by atoms with Crippen LogP contribution in [0.15, 0.2) is 36.4 Å². The monoisotopic (exact) mass is 407 g/mol. The maximum Gasteiger partial charge on any atom is 0.123 e. The highest BCUT2D eigenvalue weighted by atomic mass is 16.5. The topological polar surface area (TPSA) is 58.8 Å². The number of nitrogens with zero attached hydrogens (tertiary/aromatic N) is 1. The minimum atomic E-state index is 0.140. The third kappa shape index (κ3) is 3.55. The number of rotatable bonds is 5. The number of methoxy groups -OCH3 is 2. The van der Waals surface area contributed by atoms with E-state index < -0.39 is 0 Å². The first-order chi connectivity index (χ1) is 14.8. The Morgan fingerprint density at radius 3 is 2.73 bits per heavy atom. The number of aromatic amines is 1. The molecule has 158 valence electrons. The van der Waals surface area contributed by atoms with Crippen molar-refractivity contribution < 1.29 is 14.2 Å². The van der Waals surface area contributed by atoms with E-state index in [1.165, 1.54) is 27.8 Å². The predicted octanol–water partition coefficient (Wildman–Crippen LogP) is 3.25. The Balaban J connectivity index is 1.51. The molecule has 1 unspecified atom stereocenters. The van der Waals surface area contributed by atoms with Crippen LogP contribution in [0.3, 0.4) is 0 Å². The maximum atomic E-state index is 5.67. The van der Waals surface area contributed by atoms with Crippen LogP contribution in [0.25, 0.3) is 10.9 Å². The van der Waals surface area contributed by atoms with Crippen molar-refractivity contribution in [1.82, 2.24) is 15.2 Å². The van der Waals surface area contributed by atoms with Crippen molar-refractivity contribution in [3.05, 3.63) is 58.8 Å². The van der Waals surface area contributed by atoms with Crippen LogP contribution < -0.4 is 14.8 Å². The van der Waals surface area contributed by atoms with Gasteiger partial charge in [0.1, 0.15) is 11.5 Å². The van der Waals surface area contributed by atoms with Gasteiger partial charge in [0.05, 0.1) is 33.5 Å². The molecule has 1 aromatic heterocycles. The van der Waals surface area contributed by atoms with Gasteiger partial charge in [-0.25, -0.2) is 0 Å². The van der Waals surface area contributed by atoms with Gasteiger partial charge in [0, 0.05) is 48.3 Å². The number of ether oxygens (including phenoxy) is 3. The normalized spacial score (nSPS) is 19.6. The van der Waals surface area contributed by atoms with Crippen molar-refractivity contribution in [3.63, 3.8) is 0 Å². The van der Waals surface area contributed by atoms with Gasteiger partial charge in [-0.1, -0.05) is 6.07 Å². The third-order valence-corrected chi connectivity index (χ3v) is 6.29. The molecule has 0 aliphatic carbocycles. The van der Waals surface area contributed by atoms with E-state index in [2.05, 4.69) is 45.5 Å². The second kappa shape index (κ2) is 8.30. The molecule has 6 nitrogen and oxygen atoms in total. The molecule has 0 spiro atoms. The number of H-pyrrole nitrogens is 1. The zero-order valence-electron chi connectivity index (χ0n) is 17.7. The fourth-order valence-corrected chi connectivity index (χ4v) is 4.72. The Hall–Kier alpha value is -2.54. The van der Waals surface area contributed by atoms with Crippen LogP contribution >= 0.6 is 0 Å². The van der Waals surface area contributed by atoms with Crippen molar-refractivity contribution in [1.29, 1.82) is 0 Å². The largest absolute Gasteiger partial charge is 0.497 e. The lowest BCUT2D eigenvalue weighted by atomic mass is 9.93. The highest BCUT2D eigenvalue weighted by Crippen LogP contribution is 2.36. The van der Waals surface area contributed by atoms with E-state index >= 15 is 0 Å². The number of nitrogens with one attached hydrogen (secondary N) is 2. The van der Waals surface area contributed by atoms with Gasteiger partial charge in [-0.15, -0.1) is 0 Å². The van der Waals surface area contributed by atoms with E-state index in [-0.39, 0.29) is 6.04 Å². The zero-order chi connectivity index (χ0) is 20.5. The summed E-state index contributed by atoms with van der Waals surface area (Å²) in [6.45, 7) is 5.35. The Morgan fingerprint density at radius 1 is 1.07 bits per heavy atom. The van der Waals surface area contributed by atoms with Crippen LogP contribution in [0, 0.1) is 0 Å². The van der Waals surface area contributed by atoms with Crippen LogP contribution in [0.5, 0.6) is 11.5 Å². The van der Waals surface area contributed by atoms with Crippen molar-refractivity contribution in [2.75, 3.05) is 47.1 Å². The van der Waals surface area contributed by atoms with E-state index in [9.17, 15) is 0 Å². The fourth-order valence-electron chi connectivity index (χ4n) is 4.72. The number of hydrogen-bond acceptors (Lipinski definition) is 5. The fraction of sp³-hybridized carbons (Fsp3) is 0.417. The molecule has 6 heteroatoms. The SMILES string of the molecule is COc1ccc2[nH]c3c(c2c1)CCNC3c1ccc(OC)c(CN2CCOCC2)c1. The highest BCUT2D eigenvalue weighted by Gasteiger charge is 2.26. The predicted molar refractivity (Wildman–Crippen MR) is 117 cm³/mol. The summed E-state index contributed by atoms with van der Waals surface area (Å²) in [5.74, 6) is 1.85. The minimum Gasteiger partial charge on any atom is -0.497 e. The van der Waals surface area contributed by atoms with Gasteiger partial charge in [0.15, 0.2) is 0 Å². The molecule has 2 aliphatic rings. The number of fused-ring (bicyclic) bond motifs is 3. The molecular formula is C24H29N3O3. The smallest absolute Gasteiger partial charge is 0.123 e. The van der Waals surface area contributed by atoms with Gasteiger partial charge in [-0.05, 0) is 47.9 Å². The standard InChI is InChI=1S/C24H29N3O3/c1-28-18-4-5-21-20(14-18)19-7-8-25-23(24(19)26-21)16-3-6-22(29-2)17(13-16)15-27-9-11-30-12-10-27/h3-6,13-14,23,25-26H,7-12,15H2,1-2H3. The molecule has 2 aliphatic heterocycles. The Bertz CT molecular complexity index is 1040. The van der Waals surface area contributed by atoms with Crippen LogP contribution in [0.2, 0.25) is 0 Å². The summed E-state index contributed by atoms with van der Waals surface area (Å²) in [5.41, 5.74) is 6.30. The second-order valence-electron chi connectivity index (χ2n) is 8.03. The minimum absolute atomic E-state index is 0.140. The van der Waals surface area contributed by atoms with Gasteiger partial charge in [0.25, 0.3) is 0 Å². The van der Waals surface area contributed by atoms with Gasteiger partial charge >= 0.3 is 0 Å². The maximum absolute atomic E-state index is 5.67. The van der Waals surface area contributed by atoms with Crippen LogP contribution in [-0.4, -0.2) is 57.0 Å². The first kappa shape index (κ1) is 19.4. The van der Waals surface area contributed by atoms with Crippen LogP contribution in [0.1, 0.15) is 28.4 Å².